The van der Waals surface area contributed by atoms with E-state index in [9.17, 15) is 4.79 Å². The molecule has 0 atom stereocenters. The molecule has 1 rings (SSSR count). The van der Waals surface area contributed by atoms with Gasteiger partial charge < -0.3 is 19.3 Å². The molecule has 0 unspecified atom stereocenters. The predicted octanol–water partition coefficient (Wildman–Crippen LogP) is 0.407. The van der Waals surface area contributed by atoms with Gasteiger partial charge in [-0.15, -0.1) is 0 Å². The van der Waals surface area contributed by atoms with Gasteiger partial charge in [0.2, 0.25) is 0 Å². The Morgan fingerprint density at radius 3 is 1.93 bits per heavy atom. The summed E-state index contributed by atoms with van der Waals surface area (Å²) in [6, 6.07) is 0.107. The van der Waals surface area contributed by atoms with E-state index in [2.05, 4.69) is 0 Å². The van der Waals surface area contributed by atoms with Gasteiger partial charge in [0.1, 0.15) is 0 Å². The van der Waals surface area contributed by atoms with E-state index in [0.717, 1.165) is 19.5 Å². The Balaban J connectivity index is 2.36. The summed E-state index contributed by atoms with van der Waals surface area (Å²) >= 11 is 0. The maximum atomic E-state index is 11.9. The molecular formula is C10H20N2O3. The molecule has 1 saturated heterocycles. The summed E-state index contributed by atoms with van der Waals surface area (Å²) in [5, 5.41) is 0. The van der Waals surface area contributed by atoms with Gasteiger partial charge in [-0.2, -0.15) is 0 Å². The lowest BCUT2D eigenvalue weighted by atomic mass is 10.3. The third kappa shape index (κ3) is 3.68. The highest BCUT2D eigenvalue weighted by atomic mass is 16.5. The van der Waals surface area contributed by atoms with Crippen molar-refractivity contribution in [1.29, 1.82) is 0 Å². The molecule has 0 saturated carbocycles. The highest BCUT2D eigenvalue weighted by Crippen LogP contribution is 2.08. The van der Waals surface area contributed by atoms with Crippen LogP contribution in [0, 0.1) is 0 Å². The number of methoxy groups -OCH3 is 2. The first kappa shape index (κ1) is 12.3. The van der Waals surface area contributed by atoms with Crippen molar-refractivity contribution in [3.8, 4) is 0 Å². The van der Waals surface area contributed by atoms with Gasteiger partial charge in [-0.05, 0) is 6.42 Å². The van der Waals surface area contributed by atoms with Crippen LogP contribution in [0.2, 0.25) is 0 Å². The molecule has 88 valence electrons. The Labute approximate surface area is 90.9 Å². The van der Waals surface area contributed by atoms with Crippen LogP contribution in [-0.2, 0) is 9.47 Å². The van der Waals surface area contributed by atoms with Crippen LogP contribution in [0.15, 0.2) is 0 Å². The number of ether oxygens (including phenoxy) is 2. The zero-order valence-electron chi connectivity index (χ0n) is 9.57. The molecule has 0 aromatic carbocycles. The number of rotatable bonds is 6. The van der Waals surface area contributed by atoms with Crippen molar-refractivity contribution in [3.05, 3.63) is 0 Å². The molecule has 1 fully saturated rings. The highest BCUT2D eigenvalue weighted by Gasteiger charge is 2.24. The van der Waals surface area contributed by atoms with Crippen molar-refractivity contribution in [3.63, 3.8) is 0 Å². The standard InChI is InChI=1S/C10H20N2O3/c1-14-8-6-11-4-3-5-12(10(11)13)7-9-15-2/h3-9H2,1-2H3. The lowest BCUT2D eigenvalue weighted by Gasteiger charge is -2.35. The predicted molar refractivity (Wildman–Crippen MR) is 56.9 cm³/mol. The van der Waals surface area contributed by atoms with E-state index in [4.69, 9.17) is 9.47 Å². The minimum Gasteiger partial charge on any atom is -0.383 e. The summed E-state index contributed by atoms with van der Waals surface area (Å²) < 4.78 is 9.94. The van der Waals surface area contributed by atoms with Crippen LogP contribution in [0.4, 0.5) is 4.79 Å². The minimum absolute atomic E-state index is 0.107. The summed E-state index contributed by atoms with van der Waals surface area (Å²) in [4.78, 5) is 15.5. The zero-order valence-corrected chi connectivity index (χ0v) is 9.57. The first-order valence-electron chi connectivity index (χ1n) is 5.31. The van der Waals surface area contributed by atoms with E-state index >= 15 is 0 Å². The van der Waals surface area contributed by atoms with Gasteiger partial charge in [0.15, 0.2) is 0 Å². The summed E-state index contributed by atoms with van der Waals surface area (Å²) in [6.07, 6.45) is 1.03. The van der Waals surface area contributed by atoms with E-state index in [1.165, 1.54) is 0 Å². The molecule has 0 aliphatic carbocycles. The van der Waals surface area contributed by atoms with Crippen molar-refractivity contribution in [2.75, 3.05) is 53.6 Å². The number of nitrogens with zero attached hydrogens (tertiary/aromatic N) is 2. The Morgan fingerprint density at radius 2 is 1.53 bits per heavy atom. The molecule has 1 aliphatic rings. The second kappa shape index (κ2) is 6.63. The molecule has 0 N–H and O–H groups in total. The Hall–Kier alpha value is -0.810. The summed E-state index contributed by atoms with van der Waals surface area (Å²) in [5.74, 6) is 0. The molecule has 5 heteroatoms. The highest BCUT2D eigenvalue weighted by molar-refractivity contribution is 5.75. The molecule has 15 heavy (non-hydrogen) atoms. The number of hydrogen-bond donors (Lipinski definition) is 0. The van der Waals surface area contributed by atoms with Gasteiger partial charge in [0, 0.05) is 40.4 Å². The van der Waals surface area contributed by atoms with Crippen LogP contribution in [0.5, 0.6) is 0 Å². The first-order chi connectivity index (χ1) is 7.29. The number of hydrogen-bond acceptors (Lipinski definition) is 3. The Morgan fingerprint density at radius 1 is 1.07 bits per heavy atom. The topological polar surface area (TPSA) is 42.0 Å². The minimum atomic E-state index is 0.107. The second-order valence-electron chi connectivity index (χ2n) is 3.60. The Bertz CT molecular complexity index is 181. The van der Waals surface area contributed by atoms with Crippen LogP contribution in [-0.4, -0.2) is 69.4 Å². The maximum absolute atomic E-state index is 11.9. The molecule has 0 spiro atoms. The summed E-state index contributed by atoms with van der Waals surface area (Å²) in [5.41, 5.74) is 0. The monoisotopic (exact) mass is 216 g/mol. The van der Waals surface area contributed by atoms with Crippen molar-refractivity contribution in [2.24, 2.45) is 0 Å². The number of carbonyl (C=O) groups is 1. The molecule has 0 aromatic heterocycles. The fourth-order valence-electron chi connectivity index (χ4n) is 1.66. The SMILES string of the molecule is COCCN1CCCN(CCOC)C1=O. The molecule has 0 radical (unpaired) electrons. The van der Waals surface area contributed by atoms with Crippen molar-refractivity contribution in [1.82, 2.24) is 9.80 Å². The smallest absolute Gasteiger partial charge is 0.320 e. The van der Waals surface area contributed by atoms with E-state index in [0.29, 0.717) is 26.3 Å². The largest absolute Gasteiger partial charge is 0.383 e. The van der Waals surface area contributed by atoms with Gasteiger partial charge >= 0.3 is 6.03 Å². The van der Waals surface area contributed by atoms with Gasteiger partial charge in [-0.1, -0.05) is 0 Å². The zero-order chi connectivity index (χ0) is 11.1. The van der Waals surface area contributed by atoms with Crippen LogP contribution in [0.25, 0.3) is 0 Å². The van der Waals surface area contributed by atoms with Crippen LogP contribution < -0.4 is 0 Å². The van der Waals surface area contributed by atoms with Gasteiger partial charge in [-0.3, -0.25) is 0 Å². The van der Waals surface area contributed by atoms with Crippen molar-refractivity contribution in [2.45, 2.75) is 6.42 Å². The summed E-state index contributed by atoms with van der Waals surface area (Å²) in [6.45, 7) is 4.24. The molecule has 0 aromatic rings. The third-order valence-corrected chi connectivity index (χ3v) is 2.53. The van der Waals surface area contributed by atoms with Crippen LogP contribution in [0.1, 0.15) is 6.42 Å². The number of amides is 2. The molecular weight excluding hydrogens is 196 g/mol. The maximum Gasteiger partial charge on any atom is 0.320 e. The first-order valence-corrected chi connectivity index (χ1v) is 5.31. The molecule has 1 heterocycles. The van der Waals surface area contributed by atoms with Gasteiger partial charge in [0.05, 0.1) is 13.2 Å². The van der Waals surface area contributed by atoms with Crippen LogP contribution in [0.3, 0.4) is 0 Å². The van der Waals surface area contributed by atoms with E-state index in [1.54, 1.807) is 14.2 Å². The third-order valence-electron chi connectivity index (χ3n) is 2.53. The van der Waals surface area contributed by atoms with Crippen LogP contribution >= 0.6 is 0 Å². The molecule has 1 aliphatic heterocycles. The Kier molecular flexibility index (Phi) is 5.42. The molecule has 2 amide bonds. The average Bonchev–Trinajstić information content (AvgIpc) is 2.26. The summed E-state index contributed by atoms with van der Waals surface area (Å²) in [7, 11) is 3.30. The van der Waals surface area contributed by atoms with Gasteiger partial charge in [0.25, 0.3) is 0 Å². The fraction of sp³-hybridized carbons (Fsp3) is 0.900. The second-order valence-corrected chi connectivity index (χ2v) is 3.60. The normalized spacial score (nSPS) is 17.3. The van der Waals surface area contributed by atoms with Crippen molar-refractivity contribution >= 4 is 6.03 Å². The van der Waals surface area contributed by atoms with E-state index in [1.807, 2.05) is 9.80 Å². The van der Waals surface area contributed by atoms with Gasteiger partial charge in [-0.25, -0.2) is 4.79 Å². The lowest BCUT2D eigenvalue weighted by Crippen LogP contribution is -2.51. The number of urea groups is 1. The quantitative estimate of drug-likeness (QED) is 0.645. The molecule has 0 bridgehead atoms. The average molecular weight is 216 g/mol. The van der Waals surface area contributed by atoms with E-state index in [-0.39, 0.29) is 6.03 Å². The number of carbonyl (C=O) groups excluding carboxylic acids is 1. The molecule has 5 nitrogen and oxygen atoms in total. The lowest BCUT2D eigenvalue weighted by molar-refractivity contribution is 0.0914. The van der Waals surface area contributed by atoms with E-state index < -0.39 is 0 Å². The van der Waals surface area contributed by atoms with Crippen molar-refractivity contribution < 1.29 is 14.3 Å². The fourth-order valence-corrected chi connectivity index (χ4v) is 1.66.